The highest BCUT2D eigenvalue weighted by atomic mass is 16.5. The van der Waals surface area contributed by atoms with Gasteiger partial charge in [-0.3, -0.25) is 0 Å². The minimum atomic E-state index is 0.318. The van der Waals surface area contributed by atoms with Gasteiger partial charge in [0.25, 0.3) is 0 Å². The maximum absolute atomic E-state index is 9.78. The van der Waals surface area contributed by atoms with Crippen molar-refractivity contribution < 1.29 is 9.63 Å². The summed E-state index contributed by atoms with van der Waals surface area (Å²) in [4.78, 5) is 4.39. The summed E-state index contributed by atoms with van der Waals surface area (Å²) in [5.41, 5.74) is 2.49. The monoisotopic (exact) mass is 275 g/mol. The van der Waals surface area contributed by atoms with E-state index in [2.05, 4.69) is 29.3 Å². The van der Waals surface area contributed by atoms with Gasteiger partial charge < -0.3 is 14.9 Å². The number of rotatable bonds is 5. The summed E-state index contributed by atoms with van der Waals surface area (Å²) in [6.45, 7) is 8.73. The van der Waals surface area contributed by atoms with Crippen LogP contribution in [0.2, 0.25) is 0 Å². The third-order valence-electron chi connectivity index (χ3n) is 3.11. The van der Waals surface area contributed by atoms with Crippen LogP contribution < -0.4 is 5.32 Å². The third-order valence-corrected chi connectivity index (χ3v) is 3.11. The van der Waals surface area contributed by atoms with Crippen molar-refractivity contribution in [2.24, 2.45) is 0 Å². The van der Waals surface area contributed by atoms with E-state index < -0.39 is 0 Å². The Morgan fingerprint density at radius 1 is 1.25 bits per heavy atom. The molecule has 0 atom stereocenters. The zero-order chi connectivity index (χ0) is 14.7. The summed E-state index contributed by atoms with van der Waals surface area (Å²) in [5, 5.41) is 17.1. The van der Waals surface area contributed by atoms with Gasteiger partial charge >= 0.3 is 0 Å². The molecule has 2 aromatic rings. The molecule has 5 heteroatoms. The van der Waals surface area contributed by atoms with Crippen LogP contribution in [-0.2, 0) is 6.42 Å². The fraction of sp³-hybridized carbons (Fsp3) is 0.467. The molecule has 5 nitrogen and oxygen atoms in total. The lowest BCUT2D eigenvalue weighted by Crippen LogP contribution is -2.25. The number of phenols is 1. The topological polar surface area (TPSA) is 71.2 Å². The second kappa shape index (κ2) is 6.05. The van der Waals surface area contributed by atoms with E-state index in [1.165, 1.54) is 0 Å². The molecule has 0 radical (unpaired) electrons. The van der Waals surface area contributed by atoms with Crippen LogP contribution in [0.1, 0.15) is 30.9 Å². The summed E-state index contributed by atoms with van der Waals surface area (Å²) < 4.78 is 5.25. The number of nitrogens with zero attached hydrogens (tertiary/aromatic N) is 2. The Bertz CT molecular complexity index is 568. The van der Waals surface area contributed by atoms with E-state index in [0.29, 0.717) is 29.9 Å². The number of aromatic hydroxyl groups is 1. The summed E-state index contributed by atoms with van der Waals surface area (Å²) >= 11 is 0. The second-order valence-corrected chi connectivity index (χ2v) is 5.33. The number of aryl methyl sites for hydroxylation is 2. The summed E-state index contributed by atoms with van der Waals surface area (Å²) in [5.74, 6) is 1.51. The van der Waals surface area contributed by atoms with Crippen molar-refractivity contribution in [1.82, 2.24) is 15.5 Å². The van der Waals surface area contributed by atoms with E-state index in [0.717, 1.165) is 23.2 Å². The lowest BCUT2D eigenvalue weighted by Gasteiger charge is -2.05. The normalized spacial score (nSPS) is 11.2. The van der Waals surface area contributed by atoms with Gasteiger partial charge in [-0.25, -0.2) is 0 Å². The molecule has 1 heterocycles. The van der Waals surface area contributed by atoms with Crippen LogP contribution in [0.4, 0.5) is 0 Å². The lowest BCUT2D eigenvalue weighted by atomic mass is 10.1. The predicted octanol–water partition coefficient (Wildman–Crippen LogP) is 2.60. The van der Waals surface area contributed by atoms with Gasteiger partial charge in [-0.1, -0.05) is 19.0 Å². The Labute approximate surface area is 119 Å². The van der Waals surface area contributed by atoms with Crippen molar-refractivity contribution in [2.75, 3.05) is 6.54 Å². The Morgan fingerprint density at radius 3 is 2.50 bits per heavy atom. The van der Waals surface area contributed by atoms with Gasteiger partial charge in [0.1, 0.15) is 5.75 Å². The average molecular weight is 275 g/mol. The summed E-state index contributed by atoms with van der Waals surface area (Å²) in [6.07, 6.45) is 0.710. The lowest BCUT2D eigenvalue weighted by molar-refractivity contribution is 0.374. The molecule has 20 heavy (non-hydrogen) atoms. The van der Waals surface area contributed by atoms with Gasteiger partial charge in [-0.15, -0.1) is 0 Å². The standard InChI is InChI=1S/C15H21N3O2/c1-9(2)16-6-5-13-17-15(18-20-13)12-7-10(3)14(19)11(4)8-12/h7-9,16,19H,5-6H2,1-4H3. The van der Waals surface area contributed by atoms with E-state index in [9.17, 15) is 5.11 Å². The third kappa shape index (κ3) is 3.36. The van der Waals surface area contributed by atoms with Crippen molar-refractivity contribution in [3.05, 3.63) is 29.2 Å². The Morgan fingerprint density at radius 2 is 1.90 bits per heavy atom. The SMILES string of the molecule is Cc1cc(-c2noc(CCNC(C)C)n2)cc(C)c1O. The first-order valence-electron chi connectivity index (χ1n) is 6.84. The van der Waals surface area contributed by atoms with Crippen LogP contribution in [-0.4, -0.2) is 27.8 Å². The first-order valence-corrected chi connectivity index (χ1v) is 6.84. The average Bonchev–Trinajstić information content (AvgIpc) is 2.83. The molecule has 0 saturated carbocycles. The Balaban J connectivity index is 2.12. The van der Waals surface area contributed by atoms with E-state index in [1.807, 2.05) is 26.0 Å². The van der Waals surface area contributed by atoms with Gasteiger partial charge in [-0.05, 0) is 37.1 Å². The minimum Gasteiger partial charge on any atom is -0.507 e. The summed E-state index contributed by atoms with van der Waals surface area (Å²) in [7, 11) is 0. The molecule has 0 fully saturated rings. The number of phenolic OH excluding ortho intramolecular Hbond substituents is 1. The fourth-order valence-corrected chi connectivity index (χ4v) is 2.03. The Kier molecular flexibility index (Phi) is 4.39. The van der Waals surface area contributed by atoms with Crippen molar-refractivity contribution in [1.29, 1.82) is 0 Å². The number of hydrogen-bond donors (Lipinski definition) is 2. The molecular weight excluding hydrogens is 254 g/mol. The largest absolute Gasteiger partial charge is 0.507 e. The van der Waals surface area contributed by atoms with Crippen LogP contribution in [0.25, 0.3) is 11.4 Å². The number of benzene rings is 1. The van der Waals surface area contributed by atoms with Crippen molar-refractivity contribution in [2.45, 2.75) is 40.2 Å². The molecule has 2 rings (SSSR count). The molecule has 108 valence electrons. The van der Waals surface area contributed by atoms with Gasteiger partial charge in [-0.2, -0.15) is 4.98 Å². The molecule has 0 unspecified atom stereocenters. The molecule has 0 amide bonds. The van der Waals surface area contributed by atoms with E-state index in [4.69, 9.17) is 4.52 Å². The van der Waals surface area contributed by atoms with E-state index >= 15 is 0 Å². The smallest absolute Gasteiger partial charge is 0.228 e. The van der Waals surface area contributed by atoms with Crippen LogP contribution in [0, 0.1) is 13.8 Å². The molecular formula is C15H21N3O2. The fourth-order valence-electron chi connectivity index (χ4n) is 2.03. The van der Waals surface area contributed by atoms with Crippen molar-refractivity contribution in [3.8, 4) is 17.1 Å². The zero-order valence-electron chi connectivity index (χ0n) is 12.4. The highest BCUT2D eigenvalue weighted by Crippen LogP contribution is 2.27. The van der Waals surface area contributed by atoms with Gasteiger partial charge in [0.05, 0.1) is 0 Å². The van der Waals surface area contributed by atoms with Gasteiger partial charge in [0.15, 0.2) is 0 Å². The number of aromatic nitrogens is 2. The molecule has 0 aliphatic carbocycles. The zero-order valence-corrected chi connectivity index (χ0v) is 12.4. The van der Waals surface area contributed by atoms with Crippen LogP contribution >= 0.6 is 0 Å². The van der Waals surface area contributed by atoms with Crippen LogP contribution in [0.15, 0.2) is 16.7 Å². The summed E-state index contributed by atoms with van der Waals surface area (Å²) in [6, 6.07) is 4.17. The van der Waals surface area contributed by atoms with E-state index in [-0.39, 0.29) is 0 Å². The molecule has 2 N–H and O–H groups in total. The molecule has 1 aromatic carbocycles. The second-order valence-electron chi connectivity index (χ2n) is 5.33. The van der Waals surface area contributed by atoms with Crippen LogP contribution in [0.5, 0.6) is 5.75 Å². The predicted molar refractivity (Wildman–Crippen MR) is 77.7 cm³/mol. The van der Waals surface area contributed by atoms with Gasteiger partial charge in [0, 0.05) is 24.6 Å². The molecule has 0 bridgehead atoms. The van der Waals surface area contributed by atoms with Crippen molar-refractivity contribution >= 4 is 0 Å². The minimum absolute atomic E-state index is 0.318. The Hall–Kier alpha value is -1.88. The maximum atomic E-state index is 9.78. The number of nitrogens with one attached hydrogen (secondary N) is 1. The maximum Gasteiger partial charge on any atom is 0.228 e. The quantitative estimate of drug-likeness (QED) is 0.877. The molecule has 0 spiro atoms. The first-order chi connectivity index (χ1) is 9.47. The first kappa shape index (κ1) is 14.5. The highest BCUT2D eigenvalue weighted by Gasteiger charge is 2.11. The van der Waals surface area contributed by atoms with Crippen LogP contribution in [0.3, 0.4) is 0 Å². The molecule has 0 aliphatic heterocycles. The number of hydrogen-bond acceptors (Lipinski definition) is 5. The highest BCUT2D eigenvalue weighted by molar-refractivity contribution is 5.60. The van der Waals surface area contributed by atoms with E-state index in [1.54, 1.807) is 0 Å². The van der Waals surface area contributed by atoms with Gasteiger partial charge in [0.2, 0.25) is 11.7 Å². The molecule has 0 saturated heterocycles. The van der Waals surface area contributed by atoms with Crippen molar-refractivity contribution in [3.63, 3.8) is 0 Å². The molecule has 0 aliphatic rings. The molecule has 1 aromatic heterocycles.